The van der Waals surface area contributed by atoms with Crippen molar-refractivity contribution in [2.45, 2.75) is 44.9 Å². The zero-order chi connectivity index (χ0) is 24.3. The van der Waals surface area contributed by atoms with E-state index >= 15 is 0 Å². The number of pyridine rings is 2. The lowest BCUT2D eigenvalue weighted by Gasteiger charge is -2.33. The van der Waals surface area contributed by atoms with Gasteiger partial charge in [0.05, 0.1) is 17.6 Å². The van der Waals surface area contributed by atoms with Gasteiger partial charge in [-0.3, -0.25) is 9.69 Å². The van der Waals surface area contributed by atoms with Crippen molar-refractivity contribution in [2.24, 2.45) is 0 Å². The molecule has 2 bridgehead atoms. The normalized spacial score (nSPS) is 22.5. The van der Waals surface area contributed by atoms with Gasteiger partial charge in [-0.2, -0.15) is 0 Å². The Bertz CT molecular complexity index is 1320. The summed E-state index contributed by atoms with van der Waals surface area (Å²) < 4.78 is 5.86. The van der Waals surface area contributed by atoms with E-state index in [0.717, 1.165) is 35.7 Å². The van der Waals surface area contributed by atoms with E-state index in [9.17, 15) is 4.79 Å². The number of nitrogens with one attached hydrogen (secondary N) is 2. The fraction of sp³-hybridized carbons (Fsp3) is 0.400. The molecular formula is C25H28N8O2. The molecule has 3 aliphatic rings. The number of hydrogen-bond donors (Lipinski definition) is 2. The first-order valence-corrected chi connectivity index (χ1v) is 11.8. The predicted molar refractivity (Wildman–Crippen MR) is 133 cm³/mol. The molecule has 2 atom stereocenters. The molecule has 0 aromatic carbocycles. The summed E-state index contributed by atoms with van der Waals surface area (Å²) in [5.74, 6) is 2.22. The Morgan fingerprint density at radius 2 is 2.00 bits per heavy atom. The molecule has 10 nitrogen and oxygen atoms in total. The Kier molecular flexibility index (Phi) is 4.89. The Balaban J connectivity index is 1.21. The van der Waals surface area contributed by atoms with Gasteiger partial charge in [0.1, 0.15) is 5.82 Å². The number of aryl methyl sites for hydroxylation is 1. The fourth-order valence-electron chi connectivity index (χ4n) is 5.11. The number of likely N-dealkylation sites (tertiary alicyclic amines) is 1. The topological polar surface area (TPSA) is 108 Å². The summed E-state index contributed by atoms with van der Waals surface area (Å²) in [5, 5.41) is 6.06. The predicted octanol–water partition coefficient (Wildman–Crippen LogP) is 2.99. The van der Waals surface area contributed by atoms with Crippen molar-refractivity contribution >= 4 is 29.2 Å². The van der Waals surface area contributed by atoms with Crippen LogP contribution in [0.3, 0.4) is 0 Å². The van der Waals surface area contributed by atoms with Crippen LogP contribution in [0, 0.1) is 6.92 Å². The Morgan fingerprint density at radius 1 is 1.14 bits per heavy atom. The van der Waals surface area contributed by atoms with Crippen LogP contribution in [0.5, 0.6) is 5.75 Å². The standard InChI is InChI=1S/C25H28N8O2/c1-14-7-16(11-28-22(14)33-13-17-9-18(33)12-32(17)4)29-24-26-6-5-19(30-24)15-8-20-21(27-10-15)31-23(34)25(2,3)35-20/h5-8,10-11,17-18H,9,12-13H2,1-4H3,(H,26,29,30)(H,27,31,34)/t17-,18-/m0/s1. The first kappa shape index (κ1) is 21.7. The minimum Gasteiger partial charge on any atom is -0.474 e. The van der Waals surface area contributed by atoms with E-state index in [4.69, 9.17) is 9.72 Å². The SMILES string of the molecule is Cc1cc(Nc2nccc(-c3cnc4c(c3)OC(C)(C)C(=O)N4)n2)cnc1N1C[C@@H]2C[C@H]1CN2C. The first-order chi connectivity index (χ1) is 16.8. The van der Waals surface area contributed by atoms with Crippen molar-refractivity contribution in [1.82, 2.24) is 24.8 Å². The van der Waals surface area contributed by atoms with Gasteiger partial charge in [-0.25, -0.2) is 19.9 Å². The number of fused-ring (bicyclic) bond motifs is 3. The Hall–Kier alpha value is -3.79. The third-order valence-corrected chi connectivity index (χ3v) is 7.04. The highest BCUT2D eigenvalue weighted by Crippen LogP contribution is 2.36. The molecule has 1 amide bonds. The minimum absolute atomic E-state index is 0.224. The minimum atomic E-state index is -0.965. The lowest BCUT2D eigenvalue weighted by Crippen LogP contribution is -2.45. The van der Waals surface area contributed by atoms with E-state index in [-0.39, 0.29) is 5.91 Å². The van der Waals surface area contributed by atoms with Crippen molar-refractivity contribution in [3.8, 4) is 17.0 Å². The highest BCUT2D eigenvalue weighted by atomic mass is 16.5. The summed E-state index contributed by atoms with van der Waals surface area (Å²) in [6, 6.07) is 6.90. The molecule has 35 heavy (non-hydrogen) atoms. The van der Waals surface area contributed by atoms with Crippen LogP contribution in [0.15, 0.2) is 36.8 Å². The van der Waals surface area contributed by atoms with E-state index in [1.54, 1.807) is 26.2 Å². The van der Waals surface area contributed by atoms with Crippen LogP contribution in [0.1, 0.15) is 25.8 Å². The molecule has 2 saturated heterocycles. The second-order valence-electron chi connectivity index (χ2n) is 10.0. The van der Waals surface area contributed by atoms with Crippen LogP contribution < -0.4 is 20.3 Å². The highest BCUT2D eigenvalue weighted by molar-refractivity contribution is 5.99. The summed E-state index contributed by atoms with van der Waals surface area (Å²) in [7, 11) is 2.20. The van der Waals surface area contributed by atoms with E-state index < -0.39 is 5.60 Å². The number of hydrogen-bond acceptors (Lipinski definition) is 9. The van der Waals surface area contributed by atoms with Gasteiger partial charge in [0.25, 0.3) is 5.91 Å². The van der Waals surface area contributed by atoms with Crippen molar-refractivity contribution < 1.29 is 9.53 Å². The molecule has 0 radical (unpaired) electrons. The number of likely N-dealkylation sites (N-methyl/N-ethyl adjacent to an activating group) is 1. The van der Waals surface area contributed by atoms with Crippen LogP contribution in [0.25, 0.3) is 11.3 Å². The summed E-state index contributed by atoms with van der Waals surface area (Å²) in [4.78, 5) is 35.1. The van der Waals surface area contributed by atoms with Crippen LogP contribution in [-0.4, -0.2) is 68.6 Å². The van der Waals surface area contributed by atoms with Gasteiger partial charge in [-0.1, -0.05) is 0 Å². The van der Waals surface area contributed by atoms with Crippen LogP contribution in [-0.2, 0) is 4.79 Å². The van der Waals surface area contributed by atoms with Crippen molar-refractivity contribution in [3.63, 3.8) is 0 Å². The molecule has 0 aliphatic carbocycles. The number of carbonyl (C=O) groups excluding carboxylic acids is 1. The van der Waals surface area contributed by atoms with E-state index in [1.807, 2.05) is 18.3 Å². The van der Waals surface area contributed by atoms with Gasteiger partial charge in [0.2, 0.25) is 5.95 Å². The quantitative estimate of drug-likeness (QED) is 0.592. The molecule has 10 heteroatoms. The molecule has 6 heterocycles. The Morgan fingerprint density at radius 3 is 2.74 bits per heavy atom. The highest BCUT2D eigenvalue weighted by Gasteiger charge is 2.42. The summed E-state index contributed by atoms with van der Waals surface area (Å²) >= 11 is 0. The molecule has 3 aromatic rings. The third-order valence-electron chi connectivity index (χ3n) is 7.04. The molecule has 2 fully saturated rings. The number of aromatic nitrogens is 4. The number of nitrogens with zero attached hydrogens (tertiary/aromatic N) is 6. The first-order valence-electron chi connectivity index (χ1n) is 11.8. The van der Waals surface area contributed by atoms with Crippen molar-refractivity contribution in [2.75, 3.05) is 35.7 Å². The van der Waals surface area contributed by atoms with Gasteiger partial charge in [-0.15, -0.1) is 0 Å². The Labute approximate surface area is 203 Å². The molecule has 0 saturated carbocycles. The van der Waals surface area contributed by atoms with Crippen LogP contribution in [0.2, 0.25) is 0 Å². The van der Waals surface area contributed by atoms with E-state index in [2.05, 4.69) is 55.4 Å². The molecular weight excluding hydrogens is 444 g/mol. The second-order valence-corrected chi connectivity index (χ2v) is 10.0. The zero-order valence-corrected chi connectivity index (χ0v) is 20.2. The maximum Gasteiger partial charge on any atom is 0.269 e. The lowest BCUT2D eigenvalue weighted by atomic mass is 10.1. The molecule has 6 rings (SSSR count). The number of ether oxygens (including phenoxy) is 1. The van der Waals surface area contributed by atoms with Crippen molar-refractivity contribution in [3.05, 3.63) is 42.4 Å². The number of carbonyl (C=O) groups is 1. The van der Waals surface area contributed by atoms with Gasteiger partial charge in [0, 0.05) is 43.1 Å². The van der Waals surface area contributed by atoms with Gasteiger partial charge in [0.15, 0.2) is 17.2 Å². The summed E-state index contributed by atoms with van der Waals surface area (Å²) in [6.45, 7) is 7.67. The molecule has 0 unspecified atom stereocenters. The largest absolute Gasteiger partial charge is 0.474 e. The average molecular weight is 473 g/mol. The summed E-state index contributed by atoms with van der Waals surface area (Å²) in [5.41, 5.74) is 2.45. The van der Waals surface area contributed by atoms with E-state index in [0.29, 0.717) is 35.3 Å². The molecule has 3 aliphatic heterocycles. The van der Waals surface area contributed by atoms with Crippen LogP contribution in [0.4, 0.5) is 23.3 Å². The third kappa shape index (κ3) is 3.83. The fourth-order valence-corrected chi connectivity index (χ4v) is 5.11. The number of rotatable bonds is 4. The monoisotopic (exact) mass is 472 g/mol. The maximum absolute atomic E-state index is 12.1. The second kappa shape index (κ2) is 7.88. The van der Waals surface area contributed by atoms with Gasteiger partial charge in [-0.05, 0) is 58.0 Å². The molecule has 0 spiro atoms. The van der Waals surface area contributed by atoms with E-state index in [1.165, 1.54) is 6.42 Å². The van der Waals surface area contributed by atoms with Gasteiger partial charge < -0.3 is 20.3 Å². The van der Waals surface area contributed by atoms with Crippen LogP contribution >= 0.6 is 0 Å². The zero-order valence-electron chi connectivity index (χ0n) is 20.2. The molecule has 3 aromatic heterocycles. The van der Waals surface area contributed by atoms with Gasteiger partial charge >= 0.3 is 0 Å². The molecule has 180 valence electrons. The smallest absolute Gasteiger partial charge is 0.269 e. The maximum atomic E-state index is 12.1. The number of anilines is 4. The lowest BCUT2D eigenvalue weighted by molar-refractivity contribution is -0.129. The number of amides is 1. The number of piperazine rings is 1. The van der Waals surface area contributed by atoms with Crippen molar-refractivity contribution in [1.29, 1.82) is 0 Å². The average Bonchev–Trinajstić information content (AvgIpc) is 3.39. The molecule has 2 N–H and O–H groups in total. The summed E-state index contributed by atoms with van der Waals surface area (Å²) in [6.07, 6.45) is 6.41.